The Morgan fingerprint density at radius 2 is 2.22 bits per heavy atom. The van der Waals surface area contributed by atoms with Crippen LogP contribution >= 0.6 is 11.6 Å². The molecule has 0 aromatic heterocycles. The maximum atomic E-state index is 11.4. The number of hydrogen-bond donors (Lipinski definition) is 0. The molecule has 0 aliphatic rings. The van der Waals surface area contributed by atoms with E-state index in [0.29, 0.717) is 5.56 Å². The van der Waals surface area contributed by atoms with E-state index in [2.05, 4.69) is 0 Å². The van der Waals surface area contributed by atoms with Gasteiger partial charge in [0.25, 0.3) is 5.69 Å². The first-order valence-electron chi connectivity index (χ1n) is 5.15. The third kappa shape index (κ3) is 2.84. The molecule has 0 saturated heterocycles. The molecule has 0 aliphatic carbocycles. The first kappa shape index (κ1) is 14.1. The second-order valence-electron chi connectivity index (χ2n) is 4.21. The zero-order valence-electron chi connectivity index (χ0n) is 9.94. The van der Waals surface area contributed by atoms with Crippen molar-refractivity contribution in [3.05, 3.63) is 38.9 Å². The average Bonchev–Trinajstić information content (AvgIpc) is 2.30. The van der Waals surface area contributed by atoms with Crippen LogP contribution in [0, 0.1) is 26.9 Å². The van der Waals surface area contributed by atoms with Gasteiger partial charge in [-0.1, -0.05) is 17.7 Å². The Labute approximate surface area is 109 Å². The van der Waals surface area contributed by atoms with Gasteiger partial charge in [0.05, 0.1) is 11.0 Å². The molecule has 6 heteroatoms. The van der Waals surface area contributed by atoms with Crippen molar-refractivity contribution in [1.82, 2.24) is 0 Å². The van der Waals surface area contributed by atoms with E-state index >= 15 is 0 Å². The first-order valence-corrected chi connectivity index (χ1v) is 5.53. The lowest BCUT2D eigenvalue weighted by atomic mass is 9.81. The van der Waals surface area contributed by atoms with Gasteiger partial charge in [-0.25, -0.2) is 0 Å². The third-order valence-electron chi connectivity index (χ3n) is 2.81. The van der Waals surface area contributed by atoms with Gasteiger partial charge in [0.1, 0.15) is 11.2 Å². The summed E-state index contributed by atoms with van der Waals surface area (Å²) in [5.41, 5.74) is -1.12. The quantitative estimate of drug-likeness (QED) is 0.619. The summed E-state index contributed by atoms with van der Waals surface area (Å²) in [6.45, 7) is 2.76. The molecule has 0 saturated carbocycles. The maximum Gasteiger partial charge on any atom is 0.274 e. The summed E-state index contributed by atoms with van der Waals surface area (Å²) in [5.74, 6) is -0.325. The van der Waals surface area contributed by atoms with Gasteiger partial charge in [-0.05, 0) is 19.9 Å². The van der Waals surface area contributed by atoms with E-state index in [0.717, 1.165) is 0 Å². The van der Waals surface area contributed by atoms with Crippen molar-refractivity contribution >= 4 is 23.1 Å². The molecule has 0 bridgehead atoms. The fourth-order valence-corrected chi connectivity index (χ4v) is 1.65. The Balaban J connectivity index is 3.24. The topological polar surface area (TPSA) is 84.0 Å². The highest BCUT2D eigenvalue weighted by molar-refractivity contribution is 6.30. The number of rotatable bonds is 4. The van der Waals surface area contributed by atoms with Crippen molar-refractivity contribution < 1.29 is 9.72 Å². The van der Waals surface area contributed by atoms with Crippen molar-refractivity contribution in [2.24, 2.45) is 5.41 Å². The van der Waals surface area contributed by atoms with E-state index in [4.69, 9.17) is 16.9 Å². The van der Waals surface area contributed by atoms with Gasteiger partial charge in [0.15, 0.2) is 0 Å². The smallest absolute Gasteiger partial charge is 0.274 e. The first-order chi connectivity index (χ1) is 8.30. The van der Waals surface area contributed by atoms with Crippen LogP contribution in [-0.4, -0.2) is 10.7 Å². The van der Waals surface area contributed by atoms with E-state index in [1.165, 1.54) is 32.0 Å². The molecule has 1 aromatic rings. The average molecular weight is 267 g/mol. The molecule has 0 fully saturated rings. The van der Waals surface area contributed by atoms with E-state index < -0.39 is 10.3 Å². The molecule has 1 unspecified atom stereocenters. The van der Waals surface area contributed by atoms with Crippen LogP contribution < -0.4 is 0 Å². The van der Waals surface area contributed by atoms with E-state index in [-0.39, 0.29) is 22.9 Å². The Bertz CT molecular complexity index is 551. The van der Waals surface area contributed by atoms with Crippen molar-refractivity contribution in [3.8, 4) is 6.07 Å². The number of benzene rings is 1. The van der Waals surface area contributed by atoms with Crippen LogP contribution in [0.4, 0.5) is 5.69 Å². The lowest BCUT2D eigenvalue weighted by molar-refractivity contribution is -0.385. The fourth-order valence-electron chi connectivity index (χ4n) is 1.48. The highest BCUT2D eigenvalue weighted by Gasteiger charge is 2.32. The van der Waals surface area contributed by atoms with Crippen molar-refractivity contribution in [2.75, 3.05) is 0 Å². The standard InChI is InChI=1S/C12H11ClN2O3/c1-8(16)12(2,7-14)6-9-3-4-10(13)5-11(9)15(17)18/h3-5H,6H2,1-2H3. The summed E-state index contributed by atoms with van der Waals surface area (Å²) in [6.07, 6.45) is -0.00762. The second-order valence-corrected chi connectivity index (χ2v) is 4.64. The number of nitro benzene ring substituents is 1. The molecular weight excluding hydrogens is 256 g/mol. The molecule has 18 heavy (non-hydrogen) atoms. The number of nitriles is 1. The Morgan fingerprint density at radius 3 is 2.67 bits per heavy atom. The predicted molar refractivity (Wildman–Crippen MR) is 66.2 cm³/mol. The molecule has 1 atom stereocenters. The number of hydrogen-bond acceptors (Lipinski definition) is 4. The van der Waals surface area contributed by atoms with Crippen molar-refractivity contribution in [1.29, 1.82) is 5.26 Å². The minimum atomic E-state index is -1.27. The minimum Gasteiger partial charge on any atom is -0.298 e. The summed E-state index contributed by atoms with van der Waals surface area (Å²) in [5, 5.41) is 20.2. The maximum absolute atomic E-state index is 11.4. The number of halogens is 1. The number of ketones is 1. The molecule has 1 aromatic carbocycles. The number of nitrogens with zero attached hydrogens (tertiary/aromatic N) is 2. The fraction of sp³-hybridized carbons (Fsp3) is 0.333. The Morgan fingerprint density at radius 1 is 1.61 bits per heavy atom. The minimum absolute atomic E-state index is 0.00762. The second kappa shape index (κ2) is 5.15. The van der Waals surface area contributed by atoms with Crippen LogP contribution in [0.5, 0.6) is 0 Å². The molecule has 0 N–H and O–H groups in total. The summed E-state index contributed by atoms with van der Waals surface area (Å²) in [6, 6.07) is 6.09. The number of Topliss-reactive ketones (excluding diaryl/α,β-unsaturated/α-hetero) is 1. The lowest BCUT2D eigenvalue weighted by Crippen LogP contribution is -2.26. The van der Waals surface area contributed by atoms with Gasteiger partial charge in [-0.3, -0.25) is 14.9 Å². The Kier molecular flexibility index (Phi) is 4.04. The molecule has 0 heterocycles. The predicted octanol–water partition coefficient (Wildman–Crippen LogP) is 2.91. The monoisotopic (exact) mass is 266 g/mol. The number of carbonyl (C=O) groups excluding carboxylic acids is 1. The van der Waals surface area contributed by atoms with Gasteiger partial charge in [-0.2, -0.15) is 5.26 Å². The molecule has 0 amide bonds. The van der Waals surface area contributed by atoms with Crippen molar-refractivity contribution in [3.63, 3.8) is 0 Å². The van der Waals surface area contributed by atoms with E-state index in [9.17, 15) is 14.9 Å². The molecule has 5 nitrogen and oxygen atoms in total. The van der Waals surface area contributed by atoms with Crippen LogP contribution in [0.1, 0.15) is 19.4 Å². The molecule has 0 aliphatic heterocycles. The number of nitro groups is 1. The Hall–Kier alpha value is -1.93. The summed E-state index contributed by atoms with van der Waals surface area (Å²) in [4.78, 5) is 21.8. The molecular formula is C12H11ClN2O3. The van der Waals surface area contributed by atoms with Crippen LogP contribution in [-0.2, 0) is 11.2 Å². The van der Waals surface area contributed by atoms with Crippen LogP contribution in [0.15, 0.2) is 18.2 Å². The summed E-state index contributed by atoms with van der Waals surface area (Å²) >= 11 is 5.69. The molecule has 1 rings (SSSR count). The van der Waals surface area contributed by atoms with Crippen LogP contribution in [0.3, 0.4) is 0 Å². The lowest BCUT2D eigenvalue weighted by Gasteiger charge is -2.17. The third-order valence-corrected chi connectivity index (χ3v) is 3.05. The van der Waals surface area contributed by atoms with Gasteiger partial charge in [0, 0.05) is 23.1 Å². The zero-order chi connectivity index (χ0) is 13.9. The van der Waals surface area contributed by atoms with Crippen LogP contribution in [0.2, 0.25) is 5.02 Å². The normalized spacial score (nSPS) is 13.4. The van der Waals surface area contributed by atoms with Crippen molar-refractivity contribution in [2.45, 2.75) is 20.3 Å². The zero-order valence-corrected chi connectivity index (χ0v) is 10.7. The SMILES string of the molecule is CC(=O)C(C)(C#N)Cc1ccc(Cl)cc1[N+](=O)[O-]. The highest BCUT2D eigenvalue weighted by atomic mass is 35.5. The number of carbonyl (C=O) groups is 1. The highest BCUT2D eigenvalue weighted by Crippen LogP contribution is 2.30. The summed E-state index contributed by atoms with van der Waals surface area (Å²) in [7, 11) is 0. The molecule has 0 radical (unpaired) electrons. The largest absolute Gasteiger partial charge is 0.298 e. The molecule has 0 spiro atoms. The van der Waals surface area contributed by atoms with Gasteiger partial charge >= 0.3 is 0 Å². The van der Waals surface area contributed by atoms with Gasteiger partial charge < -0.3 is 0 Å². The summed E-state index contributed by atoms with van der Waals surface area (Å²) < 4.78 is 0. The van der Waals surface area contributed by atoms with E-state index in [1.54, 1.807) is 0 Å². The van der Waals surface area contributed by atoms with Crippen LogP contribution in [0.25, 0.3) is 0 Å². The molecule has 94 valence electrons. The van der Waals surface area contributed by atoms with Gasteiger partial charge in [0.2, 0.25) is 0 Å². The van der Waals surface area contributed by atoms with Gasteiger partial charge in [-0.15, -0.1) is 0 Å². The van der Waals surface area contributed by atoms with E-state index in [1.807, 2.05) is 6.07 Å².